The molecule has 7 nitrogen and oxygen atoms in total. The van der Waals surface area contributed by atoms with Crippen molar-refractivity contribution in [2.45, 2.75) is 17.7 Å². The molecule has 1 aliphatic heterocycles. The molecule has 4 heterocycles. The first kappa shape index (κ1) is 24.4. The van der Waals surface area contributed by atoms with E-state index in [1.807, 2.05) is 17.5 Å². The van der Waals surface area contributed by atoms with E-state index in [9.17, 15) is 18.0 Å². The Bertz CT molecular complexity index is 1750. The van der Waals surface area contributed by atoms with Gasteiger partial charge in [0.1, 0.15) is 15.4 Å². The molecule has 4 aromatic rings. The lowest BCUT2D eigenvalue weighted by Gasteiger charge is -2.27. The van der Waals surface area contributed by atoms with Crippen LogP contribution in [-0.4, -0.2) is 25.6 Å². The highest BCUT2D eigenvalue weighted by atomic mass is 32.2. The molecule has 1 atom stereocenters. The minimum Gasteiger partial charge on any atom is -0.463 e. The van der Waals surface area contributed by atoms with Gasteiger partial charge in [0.25, 0.3) is 5.56 Å². The first-order valence-electron chi connectivity index (χ1n) is 10.9. The van der Waals surface area contributed by atoms with Crippen molar-refractivity contribution in [1.29, 1.82) is 0 Å². The number of hydrogen-bond acceptors (Lipinski definition) is 9. The summed E-state index contributed by atoms with van der Waals surface area (Å²) >= 11 is 3.85. The summed E-state index contributed by atoms with van der Waals surface area (Å²) in [4.78, 5) is 28.2. The molecule has 0 fully saturated rings. The summed E-state index contributed by atoms with van der Waals surface area (Å²) in [5, 5.41) is 3.69. The van der Waals surface area contributed by atoms with Crippen LogP contribution in [0.5, 0.6) is 0 Å². The standard InChI is InChI=1S/C25H20N2O5S4/c1-2-32-25(29)20-19(17-11-7-13-34-17)21(36(30,31)16-9-4-3-5-10-16)22(26)27-23(28)18(35-24(20)27)14-15-8-6-12-33-15/h3-14,19H,2,26H2,1H3/b18-14+/t19-/m0/s1. The number of carbonyl (C=O) groups excluding carboxylic acids is 1. The number of thiophene rings is 2. The molecule has 2 N–H and O–H groups in total. The second-order valence-corrected chi connectivity index (χ2v) is 12.6. The Balaban J connectivity index is 1.92. The van der Waals surface area contributed by atoms with Crippen molar-refractivity contribution in [3.63, 3.8) is 0 Å². The first-order valence-corrected chi connectivity index (χ1v) is 14.9. The summed E-state index contributed by atoms with van der Waals surface area (Å²) in [5.41, 5.74) is 6.12. The molecule has 0 bridgehead atoms. The minimum absolute atomic E-state index is 0.0183. The van der Waals surface area contributed by atoms with Crippen molar-refractivity contribution < 1.29 is 17.9 Å². The third-order valence-corrected chi connectivity index (χ3v) is 10.4. The number of benzene rings is 1. The summed E-state index contributed by atoms with van der Waals surface area (Å²) in [7, 11) is -4.20. The van der Waals surface area contributed by atoms with Crippen LogP contribution in [0.2, 0.25) is 0 Å². The number of ether oxygens (including phenoxy) is 1. The normalized spacial score (nSPS) is 16.3. The maximum absolute atomic E-state index is 14.0. The van der Waals surface area contributed by atoms with Gasteiger partial charge >= 0.3 is 5.97 Å². The molecule has 1 aliphatic rings. The Morgan fingerprint density at radius 3 is 2.44 bits per heavy atom. The van der Waals surface area contributed by atoms with Crippen molar-refractivity contribution >= 4 is 67.3 Å². The van der Waals surface area contributed by atoms with E-state index in [4.69, 9.17) is 10.5 Å². The molecule has 0 saturated carbocycles. The number of allylic oxidation sites excluding steroid dienone is 1. The van der Waals surface area contributed by atoms with E-state index in [1.54, 1.807) is 48.7 Å². The fourth-order valence-corrected chi connectivity index (χ4v) is 8.55. The Kier molecular flexibility index (Phi) is 6.56. The van der Waals surface area contributed by atoms with Gasteiger partial charge in [-0.2, -0.15) is 0 Å². The van der Waals surface area contributed by atoms with Crippen molar-refractivity contribution in [1.82, 2.24) is 4.57 Å². The first-order chi connectivity index (χ1) is 17.3. The Labute approximate surface area is 218 Å². The molecular weight excluding hydrogens is 537 g/mol. The average Bonchev–Trinajstić information content (AvgIpc) is 3.63. The van der Waals surface area contributed by atoms with Gasteiger partial charge in [-0.1, -0.05) is 30.3 Å². The van der Waals surface area contributed by atoms with Gasteiger partial charge in [-0.3, -0.25) is 9.36 Å². The predicted molar refractivity (Wildman–Crippen MR) is 144 cm³/mol. The second-order valence-electron chi connectivity index (χ2n) is 7.72. The third kappa shape index (κ3) is 4.07. The highest BCUT2D eigenvalue weighted by molar-refractivity contribution is 7.95. The summed E-state index contributed by atoms with van der Waals surface area (Å²) < 4.78 is 35.1. The van der Waals surface area contributed by atoms with Crippen molar-refractivity contribution in [2.75, 3.05) is 6.61 Å². The monoisotopic (exact) mass is 556 g/mol. The molecule has 0 radical (unpaired) electrons. The van der Waals surface area contributed by atoms with Gasteiger partial charge in [-0.15, -0.1) is 34.0 Å². The van der Waals surface area contributed by atoms with Crippen LogP contribution in [0.4, 0.5) is 0 Å². The van der Waals surface area contributed by atoms with Crippen LogP contribution in [0.1, 0.15) is 22.6 Å². The number of rotatable bonds is 6. The highest BCUT2D eigenvalue weighted by Crippen LogP contribution is 2.43. The number of nitrogens with zero attached hydrogens (tertiary/aromatic N) is 1. The number of aromatic nitrogens is 1. The van der Waals surface area contributed by atoms with Crippen molar-refractivity contribution in [2.24, 2.45) is 5.73 Å². The van der Waals surface area contributed by atoms with Gasteiger partial charge in [0.2, 0.25) is 9.84 Å². The molecule has 0 unspecified atom stereocenters. The van der Waals surface area contributed by atoms with E-state index in [-0.39, 0.29) is 32.5 Å². The van der Waals surface area contributed by atoms with Gasteiger partial charge in [0.05, 0.1) is 27.5 Å². The average molecular weight is 557 g/mol. The van der Waals surface area contributed by atoms with Gasteiger partial charge in [0, 0.05) is 9.75 Å². The van der Waals surface area contributed by atoms with Crippen LogP contribution < -0.4 is 20.5 Å². The number of esters is 1. The zero-order valence-corrected chi connectivity index (χ0v) is 22.2. The summed E-state index contributed by atoms with van der Waals surface area (Å²) in [6.45, 7) is 1.76. The van der Waals surface area contributed by atoms with E-state index < -0.39 is 27.3 Å². The van der Waals surface area contributed by atoms with Gasteiger partial charge in [-0.05, 0) is 48.0 Å². The highest BCUT2D eigenvalue weighted by Gasteiger charge is 2.42. The van der Waals surface area contributed by atoms with Crippen LogP contribution in [0.25, 0.3) is 17.5 Å². The lowest BCUT2D eigenvalue weighted by molar-refractivity contribution is -0.136. The van der Waals surface area contributed by atoms with Crippen molar-refractivity contribution in [3.05, 3.63) is 99.6 Å². The molecule has 11 heteroatoms. The summed E-state index contributed by atoms with van der Waals surface area (Å²) in [6, 6.07) is 15.1. The van der Waals surface area contributed by atoms with Crippen LogP contribution in [0, 0.1) is 0 Å². The van der Waals surface area contributed by atoms with E-state index in [1.165, 1.54) is 34.8 Å². The largest absolute Gasteiger partial charge is 0.463 e. The van der Waals surface area contributed by atoms with Crippen LogP contribution >= 0.6 is 34.0 Å². The van der Waals surface area contributed by atoms with E-state index in [0.717, 1.165) is 20.8 Å². The lowest BCUT2D eigenvalue weighted by Crippen LogP contribution is -2.41. The Morgan fingerprint density at radius 1 is 1.08 bits per heavy atom. The van der Waals surface area contributed by atoms with E-state index in [0.29, 0.717) is 9.41 Å². The Morgan fingerprint density at radius 2 is 1.81 bits per heavy atom. The van der Waals surface area contributed by atoms with Gasteiger partial charge < -0.3 is 10.5 Å². The smallest absolute Gasteiger partial charge is 0.338 e. The number of fused-ring (bicyclic) bond motifs is 1. The number of thiazole rings is 1. The second kappa shape index (κ2) is 9.66. The van der Waals surface area contributed by atoms with Crippen LogP contribution in [0.3, 0.4) is 0 Å². The molecule has 184 valence electrons. The topological polar surface area (TPSA) is 108 Å². The maximum Gasteiger partial charge on any atom is 0.338 e. The van der Waals surface area contributed by atoms with Crippen molar-refractivity contribution in [3.8, 4) is 0 Å². The molecule has 36 heavy (non-hydrogen) atoms. The quantitative estimate of drug-likeness (QED) is 0.366. The number of sulfone groups is 1. The zero-order chi connectivity index (χ0) is 25.4. The molecule has 5 rings (SSSR count). The molecule has 0 spiro atoms. The van der Waals surface area contributed by atoms with Gasteiger partial charge in [0.15, 0.2) is 0 Å². The Hall–Kier alpha value is -3.25. The predicted octanol–water partition coefficient (Wildman–Crippen LogP) is 2.93. The summed E-state index contributed by atoms with van der Waals surface area (Å²) in [5.74, 6) is -1.93. The molecule has 0 amide bonds. The molecular formula is C25H20N2O5S4. The number of hydrogen-bond donors (Lipinski definition) is 1. The maximum atomic E-state index is 14.0. The molecule has 1 aromatic carbocycles. The lowest BCUT2D eigenvalue weighted by atomic mass is 9.95. The fourth-order valence-electron chi connectivity index (χ4n) is 4.06. The zero-order valence-electron chi connectivity index (χ0n) is 18.9. The fraction of sp³-hybridized carbons (Fsp3) is 0.120. The van der Waals surface area contributed by atoms with Crippen LogP contribution in [-0.2, 0) is 19.4 Å². The minimum atomic E-state index is -4.20. The van der Waals surface area contributed by atoms with E-state index in [2.05, 4.69) is 0 Å². The third-order valence-electron chi connectivity index (χ3n) is 5.58. The number of carbonyl (C=O) groups is 1. The van der Waals surface area contributed by atoms with Gasteiger partial charge in [-0.25, -0.2) is 13.2 Å². The number of nitrogens with two attached hydrogens (primary N) is 1. The SMILES string of the molecule is CCOC(=O)C1=c2s/c(=C/c3cccs3)c(=O)n2C(N)=C(S(=O)(=O)c2ccccc2)[C@H]1c1cccs1. The van der Waals surface area contributed by atoms with E-state index >= 15 is 0 Å². The van der Waals surface area contributed by atoms with Crippen LogP contribution in [0.15, 0.2) is 80.0 Å². The molecule has 0 saturated heterocycles. The summed E-state index contributed by atoms with van der Waals surface area (Å²) in [6.07, 6.45) is 1.71. The molecule has 0 aliphatic carbocycles. The molecule has 3 aromatic heterocycles.